The van der Waals surface area contributed by atoms with Gasteiger partial charge in [-0.15, -0.1) is 0 Å². The molecule has 0 spiro atoms. The van der Waals surface area contributed by atoms with Crippen LogP contribution in [0.1, 0.15) is 26.2 Å². The third-order valence-corrected chi connectivity index (χ3v) is 2.63. The molecule has 0 saturated heterocycles. The van der Waals surface area contributed by atoms with Crippen molar-refractivity contribution in [3.05, 3.63) is 24.3 Å². The van der Waals surface area contributed by atoms with Crippen molar-refractivity contribution in [2.45, 2.75) is 26.2 Å². The summed E-state index contributed by atoms with van der Waals surface area (Å²) < 4.78 is 5.11. The summed E-state index contributed by atoms with van der Waals surface area (Å²) >= 11 is 0. The van der Waals surface area contributed by atoms with Gasteiger partial charge in [-0.1, -0.05) is 25.8 Å². The summed E-state index contributed by atoms with van der Waals surface area (Å²) in [5.74, 6) is 0.803. The number of amides is 1. The minimum atomic E-state index is 0.0222. The number of rotatable bonds is 8. The van der Waals surface area contributed by atoms with E-state index in [2.05, 4.69) is 17.6 Å². The Bertz CT molecular complexity index is 367. The monoisotopic (exact) mass is 250 g/mol. The van der Waals surface area contributed by atoms with Gasteiger partial charge >= 0.3 is 0 Å². The van der Waals surface area contributed by atoms with Gasteiger partial charge in [0.1, 0.15) is 5.75 Å². The zero-order chi connectivity index (χ0) is 13.2. The molecule has 1 aromatic carbocycles. The Kier molecular flexibility index (Phi) is 6.69. The number of hydrogen-bond donors (Lipinski definition) is 2. The fraction of sp³-hybridized carbons (Fsp3) is 0.500. The van der Waals surface area contributed by atoms with Crippen LogP contribution in [0, 0.1) is 0 Å². The Morgan fingerprint density at radius 1 is 1.33 bits per heavy atom. The van der Waals surface area contributed by atoms with Crippen LogP contribution in [0.2, 0.25) is 0 Å². The van der Waals surface area contributed by atoms with Gasteiger partial charge in [0.2, 0.25) is 5.91 Å². The molecular weight excluding hydrogens is 228 g/mol. The Morgan fingerprint density at radius 3 is 2.89 bits per heavy atom. The molecule has 18 heavy (non-hydrogen) atoms. The van der Waals surface area contributed by atoms with Crippen LogP contribution in [0.3, 0.4) is 0 Å². The summed E-state index contributed by atoms with van der Waals surface area (Å²) in [5.41, 5.74) is 0.887. The van der Waals surface area contributed by atoms with Gasteiger partial charge in [-0.25, -0.2) is 0 Å². The van der Waals surface area contributed by atoms with E-state index in [9.17, 15) is 4.79 Å². The van der Waals surface area contributed by atoms with E-state index in [4.69, 9.17) is 4.74 Å². The van der Waals surface area contributed by atoms with Gasteiger partial charge < -0.3 is 15.4 Å². The minimum absolute atomic E-state index is 0.0222. The highest BCUT2D eigenvalue weighted by Crippen LogP contribution is 2.16. The van der Waals surface area contributed by atoms with E-state index in [0.717, 1.165) is 37.2 Å². The van der Waals surface area contributed by atoms with E-state index >= 15 is 0 Å². The van der Waals surface area contributed by atoms with Crippen LogP contribution < -0.4 is 15.4 Å². The molecule has 0 radical (unpaired) electrons. The number of anilines is 1. The molecule has 0 aliphatic heterocycles. The van der Waals surface area contributed by atoms with Crippen LogP contribution in [0.25, 0.3) is 0 Å². The molecule has 0 unspecified atom stereocenters. The number of unbranched alkanes of at least 4 members (excludes halogenated alkanes) is 2. The summed E-state index contributed by atoms with van der Waals surface area (Å²) in [6, 6.07) is 7.54. The molecule has 1 amide bonds. The van der Waals surface area contributed by atoms with Crippen molar-refractivity contribution >= 4 is 11.6 Å². The van der Waals surface area contributed by atoms with Crippen LogP contribution in [-0.4, -0.2) is 26.1 Å². The maximum atomic E-state index is 11.5. The van der Waals surface area contributed by atoms with Gasteiger partial charge in [0, 0.05) is 18.3 Å². The fourth-order valence-electron chi connectivity index (χ4n) is 1.58. The zero-order valence-electron chi connectivity index (χ0n) is 11.2. The second-order valence-corrected chi connectivity index (χ2v) is 4.14. The molecule has 1 aromatic rings. The first kappa shape index (κ1) is 14.4. The average molecular weight is 250 g/mol. The quantitative estimate of drug-likeness (QED) is 0.697. The molecule has 0 saturated carbocycles. The smallest absolute Gasteiger partial charge is 0.239 e. The Labute approximate surface area is 109 Å². The van der Waals surface area contributed by atoms with E-state index in [-0.39, 0.29) is 5.91 Å². The highest BCUT2D eigenvalue weighted by atomic mass is 16.5. The number of carbonyl (C=O) groups is 1. The molecule has 0 heterocycles. The Morgan fingerprint density at radius 2 is 2.17 bits per heavy atom. The SMILES string of the molecule is CCCCCNC(=O)CNc1cccc(OC)c1. The largest absolute Gasteiger partial charge is 0.497 e. The van der Waals surface area contributed by atoms with Crippen LogP contribution in [0.5, 0.6) is 5.75 Å². The summed E-state index contributed by atoms with van der Waals surface area (Å²) in [5, 5.41) is 5.95. The van der Waals surface area contributed by atoms with E-state index in [0.29, 0.717) is 6.54 Å². The Hall–Kier alpha value is -1.71. The lowest BCUT2D eigenvalue weighted by molar-refractivity contribution is -0.119. The van der Waals surface area contributed by atoms with Crippen molar-refractivity contribution in [2.24, 2.45) is 0 Å². The molecule has 0 atom stereocenters. The van der Waals surface area contributed by atoms with E-state index < -0.39 is 0 Å². The van der Waals surface area contributed by atoms with Crippen LogP contribution >= 0.6 is 0 Å². The van der Waals surface area contributed by atoms with Gasteiger partial charge in [0.05, 0.1) is 13.7 Å². The number of nitrogens with one attached hydrogen (secondary N) is 2. The van der Waals surface area contributed by atoms with Gasteiger partial charge in [0.15, 0.2) is 0 Å². The van der Waals surface area contributed by atoms with Crippen LogP contribution in [0.15, 0.2) is 24.3 Å². The minimum Gasteiger partial charge on any atom is -0.497 e. The van der Waals surface area contributed by atoms with E-state index in [1.54, 1.807) is 7.11 Å². The van der Waals surface area contributed by atoms with Crippen molar-refractivity contribution in [1.82, 2.24) is 5.32 Å². The summed E-state index contributed by atoms with van der Waals surface area (Å²) in [7, 11) is 1.62. The lowest BCUT2D eigenvalue weighted by Gasteiger charge is -2.08. The average Bonchev–Trinajstić information content (AvgIpc) is 2.41. The van der Waals surface area contributed by atoms with Crippen molar-refractivity contribution in [1.29, 1.82) is 0 Å². The maximum absolute atomic E-state index is 11.5. The molecule has 2 N–H and O–H groups in total. The lowest BCUT2D eigenvalue weighted by atomic mass is 10.2. The molecule has 0 bridgehead atoms. The molecule has 1 rings (SSSR count). The lowest BCUT2D eigenvalue weighted by Crippen LogP contribution is -2.30. The van der Waals surface area contributed by atoms with Gasteiger partial charge in [0.25, 0.3) is 0 Å². The predicted octanol–water partition coefficient (Wildman–Crippen LogP) is 2.41. The molecule has 0 aliphatic carbocycles. The third kappa shape index (κ3) is 5.57. The molecule has 0 aliphatic rings. The highest BCUT2D eigenvalue weighted by molar-refractivity contribution is 5.80. The summed E-state index contributed by atoms with van der Waals surface area (Å²) in [6.45, 7) is 3.19. The highest BCUT2D eigenvalue weighted by Gasteiger charge is 2.00. The molecule has 0 aromatic heterocycles. The second-order valence-electron chi connectivity index (χ2n) is 4.14. The molecule has 100 valence electrons. The number of benzene rings is 1. The first-order chi connectivity index (χ1) is 8.76. The summed E-state index contributed by atoms with van der Waals surface area (Å²) in [4.78, 5) is 11.5. The zero-order valence-corrected chi connectivity index (χ0v) is 11.2. The van der Waals surface area contributed by atoms with Gasteiger partial charge in [-0.2, -0.15) is 0 Å². The first-order valence-corrected chi connectivity index (χ1v) is 6.41. The topological polar surface area (TPSA) is 50.4 Å². The number of carbonyl (C=O) groups excluding carboxylic acids is 1. The van der Waals surface area contributed by atoms with Crippen LogP contribution in [-0.2, 0) is 4.79 Å². The standard InChI is InChI=1S/C14H22N2O2/c1-3-4-5-9-15-14(17)11-16-12-7-6-8-13(10-12)18-2/h6-8,10,16H,3-5,9,11H2,1-2H3,(H,15,17). The summed E-state index contributed by atoms with van der Waals surface area (Å²) in [6.07, 6.45) is 3.36. The second kappa shape index (κ2) is 8.39. The van der Waals surface area contributed by atoms with Gasteiger partial charge in [-0.05, 0) is 18.6 Å². The number of ether oxygens (including phenoxy) is 1. The van der Waals surface area contributed by atoms with Crippen molar-refractivity contribution in [3.63, 3.8) is 0 Å². The first-order valence-electron chi connectivity index (χ1n) is 6.41. The van der Waals surface area contributed by atoms with Crippen molar-refractivity contribution in [3.8, 4) is 5.75 Å². The fourth-order valence-corrected chi connectivity index (χ4v) is 1.58. The van der Waals surface area contributed by atoms with Crippen molar-refractivity contribution in [2.75, 3.05) is 25.5 Å². The maximum Gasteiger partial charge on any atom is 0.239 e. The molecule has 4 heteroatoms. The molecular formula is C14H22N2O2. The number of methoxy groups -OCH3 is 1. The molecule has 0 fully saturated rings. The predicted molar refractivity (Wildman–Crippen MR) is 74.0 cm³/mol. The van der Waals surface area contributed by atoms with Crippen LogP contribution in [0.4, 0.5) is 5.69 Å². The molecule has 4 nitrogen and oxygen atoms in total. The van der Waals surface area contributed by atoms with Gasteiger partial charge in [-0.3, -0.25) is 4.79 Å². The Balaban J connectivity index is 2.24. The third-order valence-electron chi connectivity index (χ3n) is 2.63. The van der Waals surface area contributed by atoms with E-state index in [1.807, 2.05) is 24.3 Å². The number of hydrogen-bond acceptors (Lipinski definition) is 3. The van der Waals surface area contributed by atoms with Crippen molar-refractivity contribution < 1.29 is 9.53 Å². The van der Waals surface area contributed by atoms with E-state index in [1.165, 1.54) is 0 Å². The normalized spacial score (nSPS) is 9.89.